The number of nitrogens with two attached hydrogens (primary N) is 2. The summed E-state index contributed by atoms with van der Waals surface area (Å²) in [6.45, 7) is 2.43. The molecule has 1 saturated heterocycles. The Labute approximate surface area is 152 Å². The second kappa shape index (κ2) is 7.86. The molecule has 3 rings (SSSR count). The topological polar surface area (TPSA) is 106 Å². The summed E-state index contributed by atoms with van der Waals surface area (Å²) in [5, 5.41) is 0. The Bertz CT molecular complexity index is 800. The van der Waals surface area contributed by atoms with Gasteiger partial charge in [0.1, 0.15) is 5.82 Å². The molecule has 2 heterocycles. The maximum Gasteiger partial charge on any atom is 0.252 e. The van der Waals surface area contributed by atoms with E-state index in [4.69, 9.17) is 11.5 Å². The average Bonchev–Trinajstić information content (AvgIpc) is 2.67. The van der Waals surface area contributed by atoms with Gasteiger partial charge in [-0.3, -0.25) is 9.59 Å². The van der Waals surface area contributed by atoms with Crippen LogP contribution in [-0.4, -0.2) is 47.9 Å². The van der Waals surface area contributed by atoms with E-state index in [2.05, 4.69) is 4.98 Å². The van der Waals surface area contributed by atoms with Crippen LogP contribution in [0.1, 0.15) is 22.3 Å². The van der Waals surface area contributed by atoms with Crippen molar-refractivity contribution in [2.24, 2.45) is 5.73 Å². The SMILES string of the molecule is NC(=O)c1cccnc1N1CCN(C(=O)CCc2ccccc2N)CC1. The van der Waals surface area contributed by atoms with Crippen molar-refractivity contribution in [2.45, 2.75) is 12.8 Å². The van der Waals surface area contributed by atoms with Crippen LogP contribution < -0.4 is 16.4 Å². The minimum atomic E-state index is -0.493. The Kier molecular flexibility index (Phi) is 5.36. The predicted molar refractivity (Wildman–Crippen MR) is 101 cm³/mol. The highest BCUT2D eigenvalue weighted by Crippen LogP contribution is 2.19. The molecular formula is C19H23N5O2. The molecule has 1 aromatic heterocycles. The van der Waals surface area contributed by atoms with Gasteiger partial charge in [0.15, 0.2) is 0 Å². The number of pyridine rings is 1. The molecule has 0 aliphatic carbocycles. The highest BCUT2D eigenvalue weighted by Gasteiger charge is 2.24. The number of nitrogen functional groups attached to an aromatic ring is 1. The van der Waals surface area contributed by atoms with Gasteiger partial charge in [-0.2, -0.15) is 0 Å². The number of amides is 2. The molecule has 7 nitrogen and oxygen atoms in total. The molecule has 26 heavy (non-hydrogen) atoms. The predicted octanol–water partition coefficient (Wildman–Crippen LogP) is 1.04. The molecule has 2 aromatic rings. The number of primary amides is 1. The van der Waals surface area contributed by atoms with Gasteiger partial charge >= 0.3 is 0 Å². The van der Waals surface area contributed by atoms with Crippen LogP contribution >= 0.6 is 0 Å². The van der Waals surface area contributed by atoms with E-state index in [1.54, 1.807) is 18.3 Å². The van der Waals surface area contributed by atoms with E-state index in [-0.39, 0.29) is 5.91 Å². The van der Waals surface area contributed by atoms with Crippen molar-refractivity contribution in [3.63, 3.8) is 0 Å². The van der Waals surface area contributed by atoms with Crippen molar-refractivity contribution in [3.05, 3.63) is 53.7 Å². The summed E-state index contributed by atoms with van der Waals surface area (Å²) >= 11 is 0. The smallest absolute Gasteiger partial charge is 0.252 e. The maximum atomic E-state index is 12.5. The van der Waals surface area contributed by atoms with E-state index in [0.29, 0.717) is 50.4 Å². The number of carbonyl (C=O) groups excluding carboxylic acids is 2. The highest BCUT2D eigenvalue weighted by molar-refractivity contribution is 5.97. The lowest BCUT2D eigenvalue weighted by Gasteiger charge is -2.36. The van der Waals surface area contributed by atoms with Gasteiger partial charge in [-0.1, -0.05) is 18.2 Å². The maximum absolute atomic E-state index is 12.5. The zero-order chi connectivity index (χ0) is 18.5. The van der Waals surface area contributed by atoms with E-state index in [1.165, 1.54) is 0 Å². The van der Waals surface area contributed by atoms with Crippen LogP contribution in [0.5, 0.6) is 0 Å². The molecule has 1 aromatic carbocycles. The summed E-state index contributed by atoms with van der Waals surface area (Å²) in [6, 6.07) is 11.0. The first-order chi connectivity index (χ1) is 12.6. The summed E-state index contributed by atoms with van der Waals surface area (Å²) in [4.78, 5) is 32.2. The van der Waals surface area contributed by atoms with Crippen molar-refractivity contribution in [3.8, 4) is 0 Å². The van der Waals surface area contributed by atoms with Gasteiger partial charge in [0, 0.05) is 44.5 Å². The molecule has 0 atom stereocenters. The van der Waals surface area contributed by atoms with Crippen LogP contribution in [0.25, 0.3) is 0 Å². The Morgan fingerprint density at radius 3 is 2.46 bits per heavy atom. The molecule has 136 valence electrons. The third kappa shape index (κ3) is 3.93. The Morgan fingerprint density at radius 2 is 1.77 bits per heavy atom. The quantitative estimate of drug-likeness (QED) is 0.782. The van der Waals surface area contributed by atoms with Crippen LogP contribution in [-0.2, 0) is 11.2 Å². The Balaban J connectivity index is 1.56. The van der Waals surface area contributed by atoms with Crippen molar-refractivity contribution >= 4 is 23.3 Å². The van der Waals surface area contributed by atoms with Crippen LogP contribution in [0.2, 0.25) is 0 Å². The number of hydrogen-bond donors (Lipinski definition) is 2. The fourth-order valence-corrected chi connectivity index (χ4v) is 3.17. The van der Waals surface area contributed by atoms with Crippen molar-refractivity contribution in [2.75, 3.05) is 36.8 Å². The molecule has 2 amide bonds. The number of para-hydroxylation sites is 1. The average molecular weight is 353 g/mol. The number of carbonyl (C=O) groups is 2. The summed E-state index contributed by atoms with van der Waals surface area (Å²) in [6.07, 6.45) is 2.71. The molecular weight excluding hydrogens is 330 g/mol. The summed E-state index contributed by atoms with van der Waals surface area (Å²) in [7, 11) is 0. The van der Waals surface area contributed by atoms with Gasteiger partial charge < -0.3 is 21.3 Å². The first-order valence-electron chi connectivity index (χ1n) is 8.67. The molecule has 0 radical (unpaired) electrons. The summed E-state index contributed by atoms with van der Waals surface area (Å²) in [5.41, 5.74) is 13.5. The van der Waals surface area contributed by atoms with Gasteiger partial charge in [0.25, 0.3) is 5.91 Å². The highest BCUT2D eigenvalue weighted by atomic mass is 16.2. The standard InChI is InChI=1S/C19H23N5O2/c20-16-6-2-1-4-14(16)7-8-17(25)23-10-12-24(13-11-23)19-15(18(21)26)5-3-9-22-19/h1-6,9H,7-8,10-13,20H2,(H2,21,26). The molecule has 0 saturated carbocycles. The number of hydrogen-bond acceptors (Lipinski definition) is 5. The number of nitrogens with zero attached hydrogens (tertiary/aromatic N) is 3. The van der Waals surface area contributed by atoms with Crippen molar-refractivity contribution in [1.82, 2.24) is 9.88 Å². The largest absolute Gasteiger partial charge is 0.399 e. The molecule has 4 N–H and O–H groups in total. The number of piperazine rings is 1. The lowest BCUT2D eigenvalue weighted by Crippen LogP contribution is -2.49. The Hall–Kier alpha value is -3.09. The lowest BCUT2D eigenvalue weighted by molar-refractivity contribution is -0.131. The van der Waals surface area contributed by atoms with Crippen LogP contribution in [0.15, 0.2) is 42.6 Å². The Morgan fingerprint density at radius 1 is 1.04 bits per heavy atom. The van der Waals surface area contributed by atoms with E-state index < -0.39 is 5.91 Å². The van der Waals surface area contributed by atoms with Crippen LogP contribution in [0.4, 0.5) is 11.5 Å². The normalized spacial score (nSPS) is 14.3. The van der Waals surface area contributed by atoms with Crippen LogP contribution in [0, 0.1) is 0 Å². The van der Waals surface area contributed by atoms with Crippen molar-refractivity contribution < 1.29 is 9.59 Å². The third-order valence-corrected chi connectivity index (χ3v) is 4.65. The number of anilines is 2. The number of benzene rings is 1. The number of aromatic nitrogens is 1. The van der Waals surface area contributed by atoms with Crippen molar-refractivity contribution in [1.29, 1.82) is 0 Å². The van der Waals surface area contributed by atoms with E-state index >= 15 is 0 Å². The van der Waals surface area contributed by atoms with Gasteiger partial charge in [-0.25, -0.2) is 4.98 Å². The van der Waals surface area contributed by atoms with E-state index in [9.17, 15) is 9.59 Å². The second-order valence-electron chi connectivity index (χ2n) is 6.31. The molecule has 0 bridgehead atoms. The van der Waals surface area contributed by atoms with Gasteiger partial charge in [0.05, 0.1) is 5.56 Å². The van der Waals surface area contributed by atoms with Crippen LogP contribution in [0.3, 0.4) is 0 Å². The minimum Gasteiger partial charge on any atom is -0.399 e. The number of aryl methyl sites for hydroxylation is 1. The fraction of sp³-hybridized carbons (Fsp3) is 0.316. The molecule has 1 aliphatic heterocycles. The van der Waals surface area contributed by atoms with Gasteiger partial charge in [-0.05, 0) is 30.2 Å². The lowest BCUT2D eigenvalue weighted by atomic mass is 10.1. The second-order valence-corrected chi connectivity index (χ2v) is 6.31. The zero-order valence-electron chi connectivity index (χ0n) is 14.6. The van der Waals surface area contributed by atoms with E-state index in [0.717, 1.165) is 11.3 Å². The molecule has 0 unspecified atom stereocenters. The molecule has 0 spiro atoms. The summed E-state index contributed by atoms with van der Waals surface area (Å²) in [5.74, 6) is 0.209. The molecule has 7 heteroatoms. The first-order valence-corrected chi connectivity index (χ1v) is 8.67. The van der Waals surface area contributed by atoms with Gasteiger partial charge in [0.2, 0.25) is 5.91 Å². The third-order valence-electron chi connectivity index (χ3n) is 4.65. The first kappa shape index (κ1) is 17.7. The zero-order valence-corrected chi connectivity index (χ0v) is 14.6. The summed E-state index contributed by atoms with van der Waals surface area (Å²) < 4.78 is 0. The fourth-order valence-electron chi connectivity index (χ4n) is 3.17. The monoisotopic (exact) mass is 353 g/mol. The minimum absolute atomic E-state index is 0.115. The number of rotatable bonds is 5. The molecule has 1 fully saturated rings. The van der Waals surface area contributed by atoms with Gasteiger partial charge in [-0.15, -0.1) is 0 Å². The van der Waals surface area contributed by atoms with E-state index in [1.807, 2.05) is 34.1 Å². The molecule has 1 aliphatic rings.